The molecule has 4 rings (SSSR count). The molecule has 3 N–H and O–H groups in total. The van der Waals surface area contributed by atoms with Crippen LogP contribution in [0.25, 0.3) is 11.1 Å². The Morgan fingerprint density at radius 1 is 1.24 bits per heavy atom. The maximum atomic E-state index is 13.1. The third kappa shape index (κ3) is 4.02. The third-order valence-electron chi connectivity index (χ3n) is 6.18. The summed E-state index contributed by atoms with van der Waals surface area (Å²) in [5, 5.41) is 18.9. The Bertz CT molecular complexity index is 1220. The van der Waals surface area contributed by atoms with Crippen LogP contribution in [0.3, 0.4) is 0 Å². The normalized spacial score (nSPS) is 20.3. The molecule has 9 heteroatoms. The van der Waals surface area contributed by atoms with Crippen molar-refractivity contribution in [2.24, 2.45) is 5.92 Å². The number of aromatic nitrogens is 3. The van der Waals surface area contributed by atoms with Gasteiger partial charge in [0.05, 0.1) is 18.9 Å². The van der Waals surface area contributed by atoms with Gasteiger partial charge < -0.3 is 19.7 Å². The average molecular weight is 450 g/mol. The van der Waals surface area contributed by atoms with E-state index in [-0.39, 0.29) is 23.3 Å². The molecular weight excluding hydrogens is 424 g/mol. The molecule has 0 saturated heterocycles. The van der Waals surface area contributed by atoms with Gasteiger partial charge in [-0.3, -0.25) is 9.59 Å². The molecule has 2 heterocycles. The summed E-state index contributed by atoms with van der Waals surface area (Å²) in [6, 6.07) is 10.2. The third-order valence-corrected chi connectivity index (χ3v) is 6.18. The van der Waals surface area contributed by atoms with Gasteiger partial charge in [-0.05, 0) is 35.6 Å². The van der Waals surface area contributed by atoms with Crippen LogP contribution in [0.1, 0.15) is 37.8 Å². The van der Waals surface area contributed by atoms with E-state index < -0.39 is 17.6 Å². The van der Waals surface area contributed by atoms with Gasteiger partial charge in [0, 0.05) is 18.3 Å². The van der Waals surface area contributed by atoms with E-state index in [1.807, 2.05) is 26.0 Å². The molecule has 1 fully saturated rings. The fourth-order valence-electron chi connectivity index (χ4n) is 4.39. The molecule has 1 aliphatic carbocycles. The van der Waals surface area contributed by atoms with Gasteiger partial charge in [-0.1, -0.05) is 38.1 Å². The van der Waals surface area contributed by atoms with E-state index in [0.29, 0.717) is 23.3 Å². The highest BCUT2D eigenvalue weighted by atomic mass is 16.5. The summed E-state index contributed by atoms with van der Waals surface area (Å²) < 4.78 is 7.03. The van der Waals surface area contributed by atoms with Crippen molar-refractivity contribution in [3.8, 4) is 16.9 Å². The number of amides is 1. The number of H-pyrrole nitrogens is 1. The number of benzene rings is 1. The van der Waals surface area contributed by atoms with Gasteiger partial charge in [0.1, 0.15) is 11.6 Å². The number of methoxy groups -OCH3 is 1. The molecule has 3 atom stereocenters. The molecule has 1 aliphatic rings. The van der Waals surface area contributed by atoms with Crippen LogP contribution in [0, 0.1) is 5.92 Å². The van der Waals surface area contributed by atoms with Gasteiger partial charge in [-0.2, -0.15) is 5.10 Å². The Morgan fingerprint density at radius 3 is 2.48 bits per heavy atom. The standard InChI is InChI=1S/C24H26N4O5/c1-14(2)20(28-10-4-5-11-28)22(30)26-24(23(31)32)12-17(24)15-6-8-16(9-7-15)19-18(33-3)13-25-27-21(19)29/h4-11,13-14,17,20H,12H2,1-3H3,(H,26,30)(H,27,29)(H,31,32)/t17-,20+,24?/m0/s1. The number of carbonyl (C=O) groups excluding carboxylic acids is 1. The molecule has 0 spiro atoms. The number of carboxylic acids is 1. The monoisotopic (exact) mass is 450 g/mol. The lowest BCUT2D eigenvalue weighted by atomic mass is 9.99. The number of aliphatic carboxylic acids is 1. The fourth-order valence-corrected chi connectivity index (χ4v) is 4.39. The van der Waals surface area contributed by atoms with Crippen molar-refractivity contribution in [1.29, 1.82) is 0 Å². The number of hydrogen-bond donors (Lipinski definition) is 3. The summed E-state index contributed by atoms with van der Waals surface area (Å²) in [5.41, 5.74) is -0.0000789. The predicted octanol–water partition coefficient (Wildman–Crippen LogP) is 2.57. The second-order valence-corrected chi connectivity index (χ2v) is 8.61. The summed E-state index contributed by atoms with van der Waals surface area (Å²) in [6.45, 7) is 3.85. The summed E-state index contributed by atoms with van der Waals surface area (Å²) in [6.07, 6.45) is 5.32. The molecular formula is C24H26N4O5. The van der Waals surface area contributed by atoms with Crippen molar-refractivity contribution < 1.29 is 19.4 Å². The summed E-state index contributed by atoms with van der Waals surface area (Å²) in [7, 11) is 1.46. The Labute approximate surface area is 190 Å². The number of ether oxygens (including phenoxy) is 1. The lowest BCUT2D eigenvalue weighted by molar-refractivity contribution is -0.144. The largest absolute Gasteiger partial charge is 0.494 e. The zero-order valence-electron chi connectivity index (χ0n) is 18.6. The average Bonchev–Trinajstić information content (AvgIpc) is 3.26. The highest BCUT2D eigenvalue weighted by Crippen LogP contribution is 2.52. The first kappa shape index (κ1) is 22.3. The van der Waals surface area contributed by atoms with Crippen molar-refractivity contribution in [1.82, 2.24) is 20.1 Å². The summed E-state index contributed by atoms with van der Waals surface area (Å²) >= 11 is 0. The number of rotatable bonds is 8. The van der Waals surface area contributed by atoms with Crippen LogP contribution < -0.4 is 15.6 Å². The Balaban J connectivity index is 1.58. The van der Waals surface area contributed by atoms with Gasteiger partial charge in [0.2, 0.25) is 5.91 Å². The first-order valence-electron chi connectivity index (χ1n) is 10.7. The lowest BCUT2D eigenvalue weighted by Gasteiger charge is -2.25. The summed E-state index contributed by atoms with van der Waals surface area (Å²) in [5.74, 6) is -1.44. The van der Waals surface area contributed by atoms with Crippen LogP contribution >= 0.6 is 0 Å². The molecule has 0 bridgehead atoms. The number of carbonyl (C=O) groups is 2. The predicted molar refractivity (Wildman–Crippen MR) is 121 cm³/mol. The minimum absolute atomic E-state index is 0.0202. The van der Waals surface area contributed by atoms with Crippen LogP contribution in [0.4, 0.5) is 0 Å². The van der Waals surface area contributed by atoms with Crippen molar-refractivity contribution in [3.05, 3.63) is 70.9 Å². The van der Waals surface area contributed by atoms with Gasteiger partial charge >= 0.3 is 5.97 Å². The quantitative estimate of drug-likeness (QED) is 0.484. The van der Waals surface area contributed by atoms with E-state index in [2.05, 4.69) is 15.5 Å². The minimum atomic E-state index is -1.36. The number of nitrogens with zero attached hydrogens (tertiary/aromatic N) is 2. The molecule has 1 aromatic carbocycles. The van der Waals surface area contributed by atoms with Crippen molar-refractivity contribution in [2.45, 2.75) is 37.8 Å². The zero-order valence-corrected chi connectivity index (χ0v) is 18.6. The van der Waals surface area contributed by atoms with Crippen molar-refractivity contribution in [2.75, 3.05) is 7.11 Å². The van der Waals surface area contributed by atoms with E-state index in [4.69, 9.17) is 4.74 Å². The number of nitrogens with one attached hydrogen (secondary N) is 2. The van der Waals surface area contributed by atoms with Gasteiger partial charge in [0.25, 0.3) is 5.56 Å². The van der Waals surface area contributed by atoms with Crippen LogP contribution in [-0.2, 0) is 9.59 Å². The minimum Gasteiger partial charge on any atom is -0.494 e. The van der Waals surface area contributed by atoms with E-state index in [1.165, 1.54) is 13.3 Å². The molecule has 9 nitrogen and oxygen atoms in total. The SMILES string of the molecule is COc1cn[nH]c(=O)c1-c1ccc([C@@H]2CC2(NC(=O)[C@@H](C(C)C)n2cccc2)C(=O)O)cc1. The molecule has 0 aliphatic heterocycles. The van der Waals surface area contributed by atoms with Crippen LogP contribution in [0.15, 0.2) is 59.8 Å². The maximum Gasteiger partial charge on any atom is 0.330 e. The molecule has 0 radical (unpaired) electrons. The van der Waals surface area contributed by atoms with E-state index >= 15 is 0 Å². The fraction of sp³-hybridized carbons (Fsp3) is 0.333. The summed E-state index contributed by atoms with van der Waals surface area (Å²) in [4.78, 5) is 37.6. The molecule has 1 unspecified atom stereocenters. The highest BCUT2D eigenvalue weighted by molar-refractivity contribution is 5.93. The second-order valence-electron chi connectivity index (χ2n) is 8.61. The van der Waals surface area contributed by atoms with Crippen molar-refractivity contribution >= 4 is 11.9 Å². The molecule has 1 amide bonds. The zero-order chi connectivity index (χ0) is 23.8. The molecule has 172 valence electrons. The van der Waals surface area contributed by atoms with Crippen LogP contribution in [0.2, 0.25) is 0 Å². The first-order chi connectivity index (χ1) is 15.8. The van der Waals surface area contributed by atoms with Gasteiger partial charge in [0.15, 0.2) is 5.75 Å². The number of hydrogen-bond acceptors (Lipinski definition) is 5. The molecule has 1 saturated carbocycles. The lowest BCUT2D eigenvalue weighted by Crippen LogP contribution is -2.48. The van der Waals surface area contributed by atoms with E-state index in [0.717, 1.165) is 5.56 Å². The van der Waals surface area contributed by atoms with E-state index in [1.54, 1.807) is 41.2 Å². The van der Waals surface area contributed by atoms with Crippen LogP contribution in [-0.4, -0.2) is 44.4 Å². The maximum absolute atomic E-state index is 13.1. The Hall–Kier alpha value is -3.88. The second kappa shape index (κ2) is 8.57. The highest BCUT2D eigenvalue weighted by Gasteiger charge is 2.62. The Morgan fingerprint density at radius 2 is 1.91 bits per heavy atom. The van der Waals surface area contributed by atoms with E-state index in [9.17, 15) is 19.5 Å². The first-order valence-corrected chi connectivity index (χ1v) is 10.7. The topological polar surface area (TPSA) is 126 Å². The van der Waals surface area contributed by atoms with Gasteiger partial charge in [-0.25, -0.2) is 9.89 Å². The Kier molecular flexibility index (Phi) is 5.80. The molecule has 33 heavy (non-hydrogen) atoms. The molecule has 2 aromatic heterocycles. The number of carboxylic acid groups (broad SMARTS) is 1. The number of aromatic amines is 1. The smallest absolute Gasteiger partial charge is 0.330 e. The van der Waals surface area contributed by atoms with Crippen LogP contribution in [0.5, 0.6) is 5.75 Å². The van der Waals surface area contributed by atoms with Gasteiger partial charge in [-0.15, -0.1) is 0 Å². The molecule has 3 aromatic rings. The van der Waals surface area contributed by atoms with Crippen molar-refractivity contribution in [3.63, 3.8) is 0 Å².